The Bertz CT molecular complexity index is 402. The molecule has 4 N–H and O–H groups in total. The Balaban J connectivity index is 2.99. The van der Waals surface area contributed by atoms with Crippen LogP contribution in [0.4, 0.5) is 0 Å². The second-order valence-corrected chi connectivity index (χ2v) is 3.84. The summed E-state index contributed by atoms with van der Waals surface area (Å²) in [7, 11) is 0. The van der Waals surface area contributed by atoms with Gasteiger partial charge in [-0.2, -0.15) is 0 Å². The highest BCUT2D eigenvalue weighted by Crippen LogP contribution is 2.09. The number of aliphatic hydroxyl groups excluding tert-OH is 2. The van der Waals surface area contributed by atoms with Gasteiger partial charge in [-0.05, 0) is 26.0 Å². The smallest absolute Gasteiger partial charge is 0.254 e. The predicted molar refractivity (Wildman–Crippen MR) is 64.7 cm³/mol. The third-order valence-corrected chi connectivity index (χ3v) is 2.10. The van der Waals surface area contributed by atoms with Crippen molar-refractivity contribution in [1.29, 1.82) is 0 Å². The maximum atomic E-state index is 11.8. The number of benzene rings is 1. The molecule has 0 heterocycles. The van der Waals surface area contributed by atoms with Crippen LogP contribution in [-0.2, 0) is 0 Å². The summed E-state index contributed by atoms with van der Waals surface area (Å²) < 4.78 is 0. The Morgan fingerprint density at radius 1 is 0.944 bits per heavy atom. The minimum atomic E-state index is -1.01. The zero-order chi connectivity index (χ0) is 13.7. The van der Waals surface area contributed by atoms with Crippen LogP contribution in [0.25, 0.3) is 0 Å². The number of carbonyl (C=O) groups excluding carboxylic acids is 2. The number of hydrogen-bond donors (Lipinski definition) is 4. The van der Waals surface area contributed by atoms with Gasteiger partial charge in [-0.25, -0.2) is 0 Å². The van der Waals surface area contributed by atoms with E-state index < -0.39 is 24.3 Å². The summed E-state index contributed by atoms with van der Waals surface area (Å²) in [6.45, 7) is 2.80. The van der Waals surface area contributed by atoms with Gasteiger partial charge in [0.1, 0.15) is 12.5 Å². The Labute approximate surface area is 105 Å². The zero-order valence-corrected chi connectivity index (χ0v) is 10.2. The maximum absolute atomic E-state index is 11.8. The summed E-state index contributed by atoms with van der Waals surface area (Å²) in [6.07, 6.45) is -2.02. The molecule has 0 aliphatic heterocycles. The van der Waals surface area contributed by atoms with Gasteiger partial charge in [-0.15, -0.1) is 0 Å². The minimum Gasteiger partial charge on any atom is -0.374 e. The van der Waals surface area contributed by atoms with Crippen molar-refractivity contribution >= 4 is 11.8 Å². The summed E-state index contributed by atoms with van der Waals surface area (Å²) in [5.41, 5.74) is 0.271. The van der Waals surface area contributed by atoms with Crippen LogP contribution in [0, 0.1) is 0 Å². The fourth-order valence-electron chi connectivity index (χ4n) is 1.41. The summed E-state index contributed by atoms with van der Waals surface area (Å²) in [4.78, 5) is 23.5. The SMILES string of the molecule is CC(O)NC(=O)c1ccccc1C(=O)NC(C)O. The van der Waals surface area contributed by atoms with Gasteiger partial charge in [0.25, 0.3) is 11.8 Å². The van der Waals surface area contributed by atoms with E-state index in [1.54, 1.807) is 12.1 Å². The van der Waals surface area contributed by atoms with E-state index in [0.29, 0.717) is 0 Å². The van der Waals surface area contributed by atoms with Crippen molar-refractivity contribution < 1.29 is 19.8 Å². The third-order valence-electron chi connectivity index (χ3n) is 2.10. The van der Waals surface area contributed by atoms with Gasteiger partial charge in [0.15, 0.2) is 0 Å². The third kappa shape index (κ3) is 3.83. The summed E-state index contributed by atoms with van der Waals surface area (Å²) in [5, 5.41) is 22.7. The van der Waals surface area contributed by atoms with Gasteiger partial charge >= 0.3 is 0 Å². The molecule has 1 aromatic rings. The van der Waals surface area contributed by atoms with Crippen LogP contribution in [0.1, 0.15) is 34.6 Å². The molecular weight excluding hydrogens is 236 g/mol. The largest absolute Gasteiger partial charge is 0.374 e. The highest BCUT2D eigenvalue weighted by molar-refractivity contribution is 6.07. The molecule has 0 saturated carbocycles. The molecule has 0 saturated heterocycles. The molecule has 6 heteroatoms. The lowest BCUT2D eigenvalue weighted by molar-refractivity contribution is 0.0780. The Morgan fingerprint density at radius 2 is 1.28 bits per heavy atom. The summed E-state index contributed by atoms with van der Waals surface area (Å²) in [5.74, 6) is -1.11. The lowest BCUT2D eigenvalue weighted by Gasteiger charge is -2.12. The van der Waals surface area contributed by atoms with Crippen molar-refractivity contribution in [3.05, 3.63) is 35.4 Å². The molecule has 0 bridgehead atoms. The number of carbonyl (C=O) groups is 2. The molecule has 98 valence electrons. The van der Waals surface area contributed by atoms with Crippen molar-refractivity contribution in [2.45, 2.75) is 26.3 Å². The van der Waals surface area contributed by atoms with Crippen LogP contribution < -0.4 is 10.6 Å². The van der Waals surface area contributed by atoms with Crippen molar-refractivity contribution in [2.24, 2.45) is 0 Å². The van der Waals surface area contributed by atoms with Gasteiger partial charge in [-0.1, -0.05) is 12.1 Å². The van der Waals surface area contributed by atoms with E-state index in [9.17, 15) is 9.59 Å². The minimum absolute atomic E-state index is 0.136. The standard InChI is InChI=1S/C12H16N2O4/c1-7(15)13-11(17)9-5-3-4-6-10(9)12(18)14-8(2)16/h3-8,15-16H,1-2H3,(H,13,17)(H,14,18). The molecule has 1 rings (SSSR count). The molecule has 6 nitrogen and oxygen atoms in total. The predicted octanol–water partition coefficient (Wildman–Crippen LogP) is -0.177. The maximum Gasteiger partial charge on any atom is 0.254 e. The lowest BCUT2D eigenvalue weighted by atomic mass is 10.1. The van der Waals surface area contributed by atoms with Crippen LogP contribution in [0.2, 0.25) is 0 Å². The fourth-order valence-corrected chi connectivity index (χ4v) is 1.41. The van der Waals surface area contributed by atoms with Crippen LogP contribution in [0.5, 0.6) is 0 Å². The van der Waals surface area contributed by atoms with Gasteiger partial charge in [0, 0.05) is 0 Å². The highest BCUT2D eigenvalue weighted by atomic mass is 16.3. The first kappa shape index (κ1) is 14.1. The second kappa shape index (κ2) is 6.13. The molecule has 1 aromatic carbocycles. The number of aliphatic hydroxyl groups is 2. The van der Waals surface area contributed by atoms with Gasteiger partial charge in [0.2, 0.25) is 0 Å². The summed E-state index contributed by atoms with van der Waals surface area (Å²) in [6, 6.07) is 6.15. The molecule has 2 unspecified atom stereocenters. The topological polar surface area (TPSA) is 98.7 Å². The monoisotopic (exact) mass is 252 g/mol. The molecule has 0 aliphatic rings. The van der Waals surface area contributed by atoms with Crippen molar-refractivity contribution in [3.63, 3.8) is 0 Å². The molecule has 0 spiro atoms. The van der Waals surface area contributed by atoms with Gasteiger partial charge in [-0.3, -0.25) is 9.59 Å². The molecule has 0 radical (unpaired) electrons. The fraction of sp³-hybridized carbons (Fsp3) is 0.333. The Kier molecular flexibility index (Phi) is 4.82. The first-order valence-corrected chi connectivity index (χ1v) is 5.48. The van der Waals surface area contributed by atoms with E-state index in [1.165, 1.54) is 26.0 Å². The molecule has 18 heavy (non-hydrogen) atoms. The van der Waals surface area contributed by atoms with Crippen LogP contribution in [0.15, 0.2) is 24.3 Å². The van der Waals surface area contributed by atoms with Crippen molar-refractivity contribution in [1.82, 2.24) is 10.6 Å². The first-order chi connectivity index (χ1) is 8.41. The average molecular weight is 252 g/mol. The Morgan fingerprint density at radius 3 is 1.56 bits per heavy atom. The normalized spacial score (nSPS) is 13.6. The highest BCUT2D eigenvalue weighted by Gasteiger charge is 2.17. The van der Waals surface area contributed by atoms with Crippen LogP contribution in [0.3, 0.4) is 0 Å². The average Bonchev–Trinajstić information content (AvgIpc) is 2.27. The van der Waals surface area contributed by atoms with E-state index in [4.69, 9.17) is 10.2 Å². The second-order valence-electron chi connectivity index (χ2n) is 3.84. The van der Waals surface area contributed by atoms with Crippen LogP contribution >= 0.6 is 0 Å². The summed E-state index contributed by atoms with van der Waals surface area (Å²) >= 11 is 0. The van der Waals surface area contributed by atoms with Gasteiger partial charge in [0.05, 0.1) is 11.1 Å². The van der Waals surface area contributed by atoms with Crippen molar-refractivity contribution in [3.8, 4) is 0 Å². The Hall–Kier alpha value is -1.92. The number of rotatable bonds is 4. The molecule has 0 aliphatic carbocycles. The lowest BCUT2D eigenvalue weighted by Crippen LogP contribution is -2.36. The van der Waals surface area contributed by atoms with Crippen molar-refractivity contribution in [2.75, 3.05) is 0 Å². The quantitative estimate of drug-likeness (QED) is 0.559. The number of hydrogen-bond acceptors (Lipinski definition) is 4. The molecule has 0 fully saturated rings. The van der Waals surface area contributed by atoms with Crippen LogP contribution in [-0.4, -0.2) is 34.5 Å². The number of amides is 2. The van der Waals surface area contributed by atoms with E-state index in [1.807, 2.05) is 0 Å². The molecule has 0 aromatic heterocycles. The molecule has 2 amide bonds. The molecule has 2 atom stereocenters. The van der Waals surface area contributed by atoms with E-state index in [2.05, 4.69) is 10.6 Å². The van der Waals surface area contributed by atoms with E-state index in [0.717, 1.165) is 0 Å². The van der Waals surface area contributed by atoms with E-state index in [-0.39, 0.29) is 11.1 Å². The molecular formula is C12H16N2O4. The zero-order valence-electron chi connectivity index (χ0n) is 10.2. The first-order valence-electron chi connectivity index (χ1n) is 5.48. The number of nitrogens with one attached hydrogen (secondary N) is 2. The van der Waals surface area contributed by atoms with Gasteiger partial charge < -0.3 is 20.8 Å². The van der Waals surface area contributed by atoms with E-state index >= 15 is 0 Å².